The molecule has 4 nitrogen and oxygen atoms in total. The Balaban J connectivity index is 1.70. The number of aryl methyl sites for hydroxylation is 1. The Bertz CT molecular complexity index is 733. The molecule has 2 aromatic carbocycles. The van der Waals surface area contributed by atoms with Crippen molar-refractivity contribution in [1.29, 1.82) is 0 Å². The fourth-order valence-electron chi connectivity index (χ4n) is 2.36. The fourth-order valence-corrected chi connectivity index (χ4v) is 3.99. The van der Waals surface area contributed by atoms with Gasteiger partial charge in [-0.15, -0.1) is 0 Å². The molecule has 1 unspecified atom stereocenters. The predicted molar refractivity (Wildman–Crippen MR) is 105 cm³/mol. The standard InChI is InChI=1S/C19H24BrNO3S/c1-16-9-11-18(12-10-16)25(22,23)21-13-5-6-14-24-19(15-20)17-7-3-2-4-8-17/h2-4,7-12,19,21H,5-6,13-15H2,1H3. The lowest BCUT2D eigenvalue weighted by molar-refractivity contribution is 0.0673. The Hall–Kier alpha value is -1.21. The van der Waals surface area contributed by atoms with E-state index in [9.17, 15) is 8.42 Å². The highest BCUT2D eigenvalue weighted by Gasteiger charge is 2.13. The van der Waals surface area contributed by atoms with Gasteiger partial charge in [0.2, 0.25) is 10.0 Å². The average Bonchev–Trinajstić information content (AvgIpc) is 2.62. The number of hydrogen-bond acceptors (Lipinski definition) is 3. The smallest absolute Gasteiger partial charge is 0.240 e. The quantitative estimate of drug-likeness (QED) is 0.458. The molecule has 1 N–H and O–H groups in total. The normalized spacial score (nSPS) is 12.9. The maximum atomic E-state index is 12.2. The number of rotatable bonds is 10. The van der Waals surface area contributed by atoms with Gasteiger partial charge >= 0.3 is 0 Å². The number of ether oxygens (including phenoxy) is 1. The first-order valence-corrected chi connectivity index (χ1v) is 10.9. The van der Waals surface area contributed by atoms with Gasteiger partial charge in [0.25, 0.3) is 0 Å². The van der Waals surface area contributed by atoms with Crippen LogP contribution in [0.1, 0.15) is 30.1 Å². The van der Waals surface area contributed by atoms with Crippen LogP contribution in [0.15, 0.2) is 59.5 Å². The van der Waals surface area contributed by atoms with Crippen molar-refractivity contribution < 1.29 is 13.2 Å². The van der Waals surface area contributed by atoms with Gasteiger partial charge in [-0.3, -0.25) is 0 Å². The van der Waals surface area contributed by atoms with Crippen LogP contribution >= 0.6 is 15.9 Å². The molecule has 1 atom stereocenters. The molecule has 2 aromatic rings. The first-order valence-electron chi connectivity index (χ1n) is 8.32. The van der Waals surface area contributed by atoms with Crippen LogP contribution in [0.4, 0.5) is 0 Å². The molecule has 0 aliphatic rings. The third-order valence-electron chi connectivity index (χ3n) is 3.83. The van der Waals surface area contributed by atoms with E-state index in [0.717, 1.165) is 29.3 Å². The summed E-state index contributed by atoms with van der Waals surface area (Å²) in [6.07, 6.45) is 1.55. The van der Waals surface area contributed by atoms with Crippen LogP contribution in [0.25, 0.3) is 0 Å². The van der Waals surface area contributed by atoms with E-state index < -0.39 is 10.0 Å². The van der Waals surface area contributed by atoms with Gasteiger partial charge in [0.15, 0.2) is 0 Å². The molecule has 0 radical (unpaired) electrons. The van der Waals surface area contributed by atoms with Crippen molar-refractivity contribution in [1.82, 2.24) is 4.72 Å². The summed E-state index contributed by atoms with van der Waals surface area (Å²) in [5.41, 5.74) is 2.18. The highest BCUT2D eigenvalue weighted by molar-refractivity contribution is 9.09. The summed E-state index contributed by atoms with van der Waals surface area (Å²) in [6.45, 7) is 2.93. The van der Waals surface area contributed by atoms with Crippen molar-refractivity contribution >= 4 is 26.0 Å². The zero-order chi connectivity index (χ0) is 18.1. The number of unbranched alkanes of at least 4 members (excludes halogenated alkanes) is 1. The highest BCUT2D eigenvalue weighted by atomic mass is 79.9. The minimum absolute atomic E-state index is 0.0189. The summed E-state index contributed by atoms with van der Waals surface area (Å²) in [7, 11) is -3.43. The van der Waals surface area contributed by atoms with E-state index in [1.807, 2.05) is 37.3 Å². The summed E-state index contributed by atoms with van der Waals surface area (Å²) in [4.78, 5) is 0.304. The van der Waals surface area contributed by atoms with Crippen molar-refractivity contribution in [3.8, 4) is 0 Å². The topological polar surface area (TPSA) is 55.4 Å². The van der Waals surface area contributed by atoms with E-state index in [0.29, 0.717) is 18.0 Å². The molecule has 136 valence electrons. The zero-order valence-electron chi connectivity index (χ0n) is 14.3. The molecule has 0 aromatic heterocycles. The van der Waals surface area contributed by atoms with Crippen molar-refractivity contribution in [2.75, 3.05) is 18.5 Å². The van der Waals surface area contributed by atoms with Crippen molar-refractivity contribution in [2.45, 2.75) is 30.8 Å². The molecule has 0 saturated heterocycles. The van der Waals surface area contributed by atoms with E-state index in [1.54, 1.807) is 24.3 Å². The van der Waals surface area contributed by atoms with Crippen molar-refractivity contribution in [3.05, 3.63) is 65.7 Å². The van der Waals surface area contributed by atoms with Crippen LogP contribution in [-0.2, 0) is 14.8 Å². The molecule has 0 spiro atoms. The fraction of sp³-hybridized carbons (Fsp3) is 0.368. The van der Waals surface area contributed by atoms with E-state index in [4.69, 9.17) is 4.74 Å². The highest BCUT2D eigenvalue weighted by Crippen LogP contribution is 2.19. The lowest BCUT2D eigenvalue weighted by atomic mass is 10.1. The summed E-state index contributed by atoms with van der Waals surface area (Å²) in [6, 6.07) is 16.9. The van der Waals surface area contributed by atoms with Gasteiger partial charge in [0.05, 0.1) is 11.0 Å². The minimum Gasteiger partial charge on any atom is -0.373 e. The Labute approximate surface area is 158 Å². The molecule has 25 heavy (non-hydrogen) atoms. The third-order valence-corrected chi connectivity index (χ3v) is 5.89. The van der Waals surface area contributed by atoms with Crippen molar-refractivity contribution in [3.63, 3.8) is 0 Å². The third kappa shape index (κ3) is 6.55. The van der Waals surface area contributed by atoms with E-state index in [2.05, 4.69) is 20.7 Å². The Morgan fingerprint density at radius 3 is 2.36 bits per heavy atom. The molecular formula is C19H24BrNO3S. The van der Waals surface area contributed by atoms with Crippen LogP contribution in [0, 0.1) is 6.92 Å². The SMILES string of the molecule is Cc1ccc(S(=O)(=O)NCCCCOC(CBr)c2ccccc2)cc1. The molecule has 0 saturated carbocycles. The monoisotopic (exact) mass is 425 g/mol. The molecule has 0 amide bonds. The molecule has 0 fully saturated rings. The van der Waals surface area contributed by atoms with E-state index in [-0.39, 0.29) is 6.10 Å². The Kier molecular flexibility index (Phi) is 8.09. The summed E-state index contributed by atoms with van der Waals surface area (Å²) < 4.78 is 32.9. The van der Waals surface area contributed by atoms with Gasteiger partial charge in [-0.05, 0) is 37.5 Å². The predicted octanol–water partition coefficient (Wildman–Crippen LogP) is 4.21. The van der Waals surface area contributed by atoms with Gasteiger partial charge in [-0.1, -0.05) is 64.0 Å². The minimum atomic E-state index is -3.43. The van der Waals surface area contributed by atoms with Gasteiger partial charge in [-0.25, -0.2) is 13.1 Å². The van der Waals surface area contributed by atoms with Crippen LogP contribution in [0.2, 0.25) is 0 Å². The number of sulfonamides is 1. The maximum absolute atomic E-state index is 12.2. The summed E-state index contributed by atoms with van der Waals surface area (Å²) in [5, 5.41) is 0.733. The second-order valence-electron chi connectivity index (χ2n) is 5.84. The lowest BCUT2D eigenvalue weighted by Crippen LogP contribution is -2.25. The molecule has 0 aliphatic heterocycles. The number of benzene rings is 2. The zero-order valence-corrected chi connectivity index (χ0v) is 16.7. The molecule has 6 heteroatoms. The van der Waals surface area contributed by atoms with Crippen LogP contribution in [-0.4, -0.2) is 26.9 Å². The van der Waals surface area contributed by atoms with E-state index >= 15 is 0 Å². The van der Waals surface area contributed by atoms with Gasteiger partial charge < -0.3 is 4.74 Å². The summed E-state index contributed by atoms with van der Waals surface area (Å²) >= 11 is 3.48. The Morgan fingerprint density at radius 1 is 1.04 bits per heavy atom. The molecule has 0 heterocycles. The maximum Gasteiger partial charge on any atom is 0.240 e. The summed E-state index contributed by atoms with van der Waals surface area (Å²) in [5.74, 6) is 0. The molecule has 2 rings (SSSR count). The van der Waals surface area contributed by atoms with Gasteiger partial charge in [0.1, 0.15) is 0 Å². The first-order chi connectivity index (χ1) is 12.0. The molecule has 0 bridgehead atoms. The largest absolute Gasteiger partial charge is 0.373 e. The molecule has 0 aliphatic carbocycles. The average molecular weight is 426 g/mol. The number of halogens is 1. The molecular weight excluding hydrogens is 402 g/mol. The van der Waals surface area contributed by atoms with Crippen LogP contribution in [0.5, 0.6) is 0 Å². The lowest BCUT2D eigenvalue weighted by Gasteiger charge is -2.15. The first kappa shape index (κ1) is 20.1. The number of alkyl halides is 1. The second-order valence-corrected chi connectivity index (χ2v) is 8.26. The van der Waals surface area contributed by atoms with Crippen molar-refractivity contribution in [2.24, 2.45) is 0 Å². The number of nitrogens with one attached hydrogen (secondary N) is 1. The Morgan fingerprint density at radius 2 is 1.72 bits per heavy atom. The van der Waals surface area contributed by atoms with Crippen LogP contribution < -0.4 is 4.72 Å². The second kappa shape index (κ2) is 10.1. The van der Waals surface area contributed by atoms with Gasteiger partial charge in [-0.2, -0.15) is 0 Å². The van der Waals surface area contributed by atoms with Crippen LogP contribution in [0.3, 0.4) is 0 Å². The van der Waals surface area contributed by atoms with Gasteiger partial charge in [0, 0.05) is 18.5 Å². The number of hydrogen-bond donors (Lipinski definition) is 1. The van der Waals surface area contributed by atoms with E-state index in [1.165, 1.54) is 0 Å².